The van der Waals surface area contributed by atoms with Crippen LogP contribution >= 0.6 is 47.8 Å². The molecule has 0 radical (unpaired) electrons. The predicted octanol–water partition coefficient (Wildman–Crippen LogP) is 4.61. The van der Waals surface area contributed by atoms with Crippen LogP contribution in [0.5, 0.6) is 17.2 Å². The topological polar surface area (TPSA) is 80.2 Å². The molecule has 0 aromatic heterocycles. The number of rotatable bonds is 7. The molecule has 0 aliphatic carbocycles. The van der Waals surface area contributed by atoms with Gasteiger partial charge in [0, 0.05) is 10.0 Å². The lowest BCUT2D eigenvalue weighted by molar-refractivity contribution is -0.123. The Bertz CT molecular complexity index is 828. The summed E-state index contributed by atoms with van der Waals surface area (Å²) in [5, 5.41) is 13.8. The number of phenols is 1. The molecule has 2 N–H and O–H groups in total. The van der Waals surface area contributed by atoms with Gasteiger partial charge in [-0.25, -0.2) is 5.43 Å². The third kappa shape index (κ3) is 5.46. The molecule has 0 saturated carbocycles. The lowest BCUT2D eigenvalue weighted by atomic mass is 10.2. The number of hydrazone groups is 1. The number of amides is 1. The number of hydrogen-bond acceptors (Lipinski definition) is 5. The summed E-state index contributed by atoms with van der Waals surface area (Å²) in [6.45, 7) is 2.16. The fourth-order valence-corrected chi connectivity index (χ4v) is 4.23. The number of phenolic OH excluding ortho intramolecular Hbond substituents is 1. The molecule has 2 aromatic carbocycles. The van der Waals surface area contributed by atoms with Crippen LogP contribution in [0.3, 0.4) is 0 Å². The van der Waals surface area contributed by atoms with Crippen LogP contribution < -0.4 is 14.9 Å². The molecule has 0 aliphatic heterocycles. The van der Waals surface area contributed by atoms with Crippen molar-refractivity contribution < 1.29 is 19.4 Å². The zero-order chi connectivity index (χ0) is 19.1. The highest BCUT2D eigenvalue weighted by Gasteiger charge is 2.12. The SMILES string of the molecule is CCOc1ccccc1OCC(=O)NN=Cc1c(Br)cc(Br)c(O)c1Br. The van der Waals surface area contributed by atoms with Crippen molar-refractivity contribution in [3.63, 3.8) is 0 Å². The Balaban J connectivity index is 1.96. The average Bonchev–Trinajstić information content (AvgIpc) is 2.62. The number of benzene rings is 2. The Morgan fingerprint density at radius 2 is 1.85 bits per heavy atom. The van der Waals surface area contributed by atoms with Gasteiger partial charge >= 0.3 is 0 Å². The molecule has 26 heavy (non-hydrogen) atoms. The number of ether oxygens (including phenoxy) is 2. The maximum Gasteiger partial charge on any atom is 0.277 e. The molecular weight excluding hydrogens is 536 g/mol. The van der Waals surface area contributed by atoms with E-state index >= 15 is 0 Å². The lowest BCUT2D eigenvalue weighted by Gasteiger charge is -2.10. The van der Waals surface area contributed by atoms with E-state index in [0.29, 0.717) is 37.1 Å². The molecule has 0 bridgehead atoms. The van der Waals surface area contributed by atoms with Crippen molar-refractivity contribution in [3.05, 3.63) is 49.3 Å². The van der Waals surface area contributed by atoms with Crippen molar-refractivity contribution in [1.82, 2.24) is 5.43 Å². The van der Waals surface area contributed by atoms with Crippen LogP contribution in [-0.2, 0) is 4.79 Å². The van der Waals surface area contributed by atoms with Gasteiger partial charge in [0.15, 0.2) is 18.1 Å². The molecule has 2 aromatic rings. The van der Waals surface area contributed by atoms with Gasteiger partial charge in [-0.05, 0) is 57.0 Å². The smallest absolute Gasteiger partial charge is 0.277 e. The van der Waals surface area contributed by atoms with Crippen LogP contribution in [-0.4, -0.2) is 30.4 Å². The Morgan fingerprint density at radius 1 is 1.19 bits per heavy atom. The van der Waals surface area contributed by atoms with Gasteiger partial charge in [0.05, 0.1) is 21.8 Å². The Morgan fingerprint density at radius 3 is 2.50 bits per heavy atom. The van der Waals surface area contributed by atoms with Crippen molar-refractivity contribution in [2.45, 2.75) is 6.92 Å². The summed E-state index contributed by atoms with van der Waals surface area (Å²) in [6, 6.07) is 8.79. The van der Waals surface area contributed by atoms with Crippen molar-refractivity contribution in [3.8, 4) is 17.2 Å². The molecule has 6 nitrogen and oxygen atoms in total. The molecule has 0 aliphatic rings. The third-order valence-corrected chi connectivity index (χ3v) is 5.14. The molecule has 0 unspecified atom stereocenters. The van der Waals surface area contributed by atoms with E-state index in [4.69, 9.17) is 9.47 Å². The fraction of sp³-hybridized carbons (Fsp3) is 0.176. The van der Waals surface area contributed by atoms with Gasteiger partial charge in [0.2, 0.25) is 0 Å². The molecule has 0 spiro atoms. The number of halogens is 3. The Kier molecular flexibility index (Phi) is 7.92. The predicted molar refractivity (Wildman–Crippen MR) is 110 cm³/mol. The van der Waals surface area contributed by atoms with Crippen molar-refractivity contribution in [2.24, 2.45) is 5.10 Å². The van der Waals surface area contributed by atoms with Gasteiger partial charge in [0.25, 0.3) is 5.91 Å². The van der Waals surface area contributed by atoms with Crippen molar-refractivity contribution in [2.75, 3.05) is 13.2 Å². The van der Waals surface area contributed by atoms with E-state index < -0.39 is 5.91 Å². The number of carbonyl (C=O) groups is 1. The first-order valence-corrected chi connectivity index (χ1v) is 9.85. The second-order valence-corrected chi connectivity index (χ2v) is 7.38. The summed E-state index contributed by atoms with van der Waals surface area (Å²) in [6.07, 6.45) is 1.41. The summed E-state index contributed by atoms with van der Waals surface area (Å²) >= 11 is 9.88. The summed E-state index contributed by atoms with van der Waals surface area (Å²) in [5.74, 6) is 0.666. The zero-order valence-electron chi connectivity index (χ0n) is 13.6. The van der Waals surface area contributed by atoms with Gasteiger partial charge in [-0.1, -0.05) is 28.1 Å². The number of nitrogens with zero attached hydrogens (tertiary/aromatic N) is 1. The van der Waals surface area contributed by atoms with E-state index in [-0.39, 0.29) is 12.4 Å². The highest BCUT2D eigenvalue weighted by molar-refractivity contribution is 9.11. The minimum absolute atomic E-state index is 0.0387. The van der Waals surface area contributed by atoms with Crippen LogP contribution in [0, 0.1) is 0 Å². The first-order valence-electron chi connectivity index (χ1n) is 7.47. The minimum Gasteiger partial charge on any atom is -0.506 e. The summed E-state index contributed by atoms with van der Waals surface area (Å²) < 4.78 is 12.6. The number of para-hydroxylation sites is 2. The van der Waals surface area contributed by atoms with E-state index in [1.54, 1.807) is 24.3 Å². The fourth-order valence-electron chi connectivity index (χ4n) is 1.90. The Labute approximate surface area is 176 Å². The van der Waals surface area contributed by atoms with Crippen molar-refractivity contribution in [1.29, 1.82) is 0 Å². The zero-order valence-corrected chi connectivity index (χ0v) is 18.4. The van der Waals surface area contributed by atoms with Gasteiger partial charge in [-0.15, -0.1) is 0 Å². The first kappa shape index (κ1) is 20.7. The van der Waals surface area contributed by atoms with Crippen LogP contribution in [0.1, 0.15) is 12.5 Å². The van der Waals surface area contributed by atoms with Crippen LogP contribution in [0.25, 0.3) is 0 Å². The van der Waals surface area contributed by atoms with Gasteiger partial charge in [0.1, 0.15) is 5.75 Å². The molecule has 9 heteroatoms. The van der Waals surface area contributed by atoms with E-state index in [0.717, 1.165) is 0 Å². The molecule has 0 atom stereocenters. The second kappa shape index (κ2) is 9.94. The number of nitrogens with one attached hydrogen (secondary N) is 1. The summed E-state index contributed by atoms with van der Waals surface area (Å²) in [7, 11) is 0. The second-order valence-electron chi connectivity index (χ2n) is 4.88. The number of aromatic hydroxyl groups is 1. The first-order chi connectivity index (χ1) is 12.4. The normalized spacial score (nSPS) is 10.8. The molecule has 138 valence electrons. The van der Waals surface area contributed by atoms with E-state index in [1.807, 2.05) is 13.0 Å². The maximum absolute atomic E-state index is 11.9. The summed E-state index contributed by atoms with van der Waals surface area (Å²) in [5.41, 5.74) is 2.95. The minimum atomic E-state index is -0.430. The summed E-state index contributed by atoms with van der Waals surface area (Å²) in [4.78, 5) is 11.9. The quantitative estimate of drug-likeness (QED) is 0.390. The maximum atomic E-state index is 11.9. The molecule has 0 heterocycles. The average molecular weight is 551 g/mol. The lowest BCUT2D eigenvalue weighted by Crippen LogP contribution is -2.24. The van der Waals surface area contributed by atoms with Gasteiger partial charge in [-0.2, -0.15) is 5.10 Å². The van der Waals surface area contributed by atoms with E-state index in [9.17, 15) is 9.90 Å². The van der Waals surface area contributed by atoms with E-state index in [1.165, 1.54) is 6.21 Å². The molecule has 0 fully saturated rings. The van der Waals surface area contributed by atoms with Crippen LogP contribution in [0.4, 0.5) is 0 Å². The van der Waals surface area contributed by atoms with Crippen molar-refractivity contribution >= 4 is 59.9 Å². The number of carbonyl (C=O) groups excluding carboxylic acids is 1. The highest BCUT2D eigenvalue weighted by atomic mass is 79.9. The van der Waals surface area contributed by atoms with Crippen LogP contribution in [0.15, 0.2) is 48.9 Å². The third-order valence-electron chi connectivity index (χ3n) is 3.07. The Hall–Kier alpha value is -1.58. The van der Waals surface area contributed by atoms with Gasteiger partial charge < -0.3 is 14.6 Å². The largest absolute Gasteiger partial charge is 0.506 e. The standard InChI is InChI=1S/C17H15Br3N2O4/c1-2-25-13-5-3-4-6-14(13)26-9-15(23)22-21-8-10-11(18)7-12(19)17(24)16(10)20/h3-8,24H,2,9H2,1H3,(H,22,23). The monoisotopic (exact) mass is 548 g/mol. The molecule has 0 saturated heterocycles. The van der Waals surface area contributed by atoms with Crippen LogP contribution in [0.2, 0.25) is 0 Å². The molecular formula is C17H15Br3N2O4. The number of hydrogen-bond donors (Lipinski definition) is 2. The molecule has 1 amide bonds. The highest BCUT2D eigenvalue weighted by Crippen LogP contribution is 2.38. The van der Waals surface area contributed by atoms with E-state index in [2.05, 4.69) is 58.3 Å². The molecule has 2 rings (SSSR count). The van der Waals surface area contributed by atoms with Gasteiger partial charge in [-0.3, -0.25) is 4.79 Å².